The van der Waals surface area contributed by atoms with Gasteiger partial charge in [0.1, 0.15) is 11.2 Å². The highest BCUT2D eigenvalue weighted by molar-refractivity contribution is 8.00. The standard InChI is InChI=1S/C26H36O2SSi/c1-25(2,3)30(6,7)28-22-15-11-14-20-19(22)16-17-21-23(20)27-24(29-26(21,4)5)18-12-9-8-10-13-18/h8-15,21,23-24H,16-17H2,1-7H3/t21-,23+,24-/m1/s1. The van der Waals surface area contributed by atoms with Gasteiger partial charge >= 0.3 is 0 Å². The second-order valence-electron chi connectivity index (χ2n) is 10.9. The van der Waals surface area contributed by atoms with Crippen molar-refractivity contribution in [3.05, 3.63) is 65.2 Å². The van der Waals surface area contributed by atoms with Crippen LogP contribution in [-0.4, -0.2) is 13.1 Å². The van der Waals surface area contributed by atoms with E-state index in [1.807, 2.05) is 11.8 Å². The molecule has 0 bridgehead atoms. The molecule has 0 spiro atoms. The van der Waals surface area contributed by atoms with Gasteiger partial charge in [0, 0.05) is 10.7 Å². The maximum Gasteiger partial charge on any atom is 0.250 e. The average molecular weight is 441 g/mol. The SMILES string of the molecule is CC1(C)S[C@H](c2ccccc2)O[C@H]2c3cccc(O[Si](C)(C)C(C)(C)C)c3CC[C@H]21. The molecule has 1 fully saturated rings. The Morgan fingerprint density at radius 1 is 1.03 bits per heavy atom. The van der Waals surface area contributed by atoms with Gasteiger partial charge in [0.15, 0.2) is 0 Å². The van der Waals surface area contributed by atoms with E-state index in [4.69, 9.17) is 9.16 Å². The lowest BCUT2D eigenvalue weighted by atomic mass is 9.75. The van der Waals surface area contributed by atoms with E-state index in [9.17, 15) is 0 Å². The van der Waals surface area contributed by atoms with Crippen LogP contribution in [0.2, 0.25) is 18.1 Å². The van der Waals surface area contributed by atoms with E-state index in [0.717, 1.165) is 18.6 Å². The van der Waals surface area contributed by atoms with Crippen LogP contribution < -0.4 is 4.43 Å². The number of benzene rings is 2. The van der Waals surface area contributed by atoms with Gasteiger partial charge in [-0.05, 0) is 53.7 Å². The number of fused-ring (bicyclic) bond motifs is 3. The zero-order chi connectivity index (χ0) is 21.7. The fourth-order valence-electron chi connectivity index (χ4n) is 4.47. The number of hydrogen-bond donors (Lipinski definition) is 0. The third kappa shape index (κ3) is 3.99. The summed E-state index contributed by atoms with van der Waals surface area (Å²) in [5.41, 5.74) is 4.04. The molecule has 0 radical (unpaired) electrons. The molecule has 4 rings (SSSR count). The molecule has 1 heterocycles. The summed E-state index contributed by atoms with van der Waals surface area (Å²) in [5.74, 6) is 1.60. The molecule has 2 aliphatic rings. The van der Waals surface area contributed by atoms with Crippen LogP contribution in [0.25, 0.3) is 0 Å². The van der Waals surface area contributed by atoms with Gasteiger partial charge in [0.2, 0.25) is 8.32 Å². The van der Waals surface area contributed by atoms with Crippen molar-refractivity contribution in [1.82, 2.24) is 0 Å². The predicted octanol–water partition coefficient (Wildman–Crippen LogP) is 7.91. The van der Waals surface area contributed by atoms with E-state index in [1.54, 1.807) is 0 Å². The fourth-order valence-corrected chi connectivity index (χ4v) is 6.95. The Labute approximate surface area is 187 Å². The monoisotopic (exact) mass is 440 g/mol. The van der Waals surface area contributed by atoms with Gasteiger partial charge in [-0.3, -0.25) is 0 Å². The van der Waals surface area contributed by atoms with Crippen molar-refractivity contribution in [1.29, 1.82) is 0 Å². The topological polar surface area (TPSA) is 18.5 Å². The van der Waals surface area contributed by atoms with Crippen molar-refractivity contribution in [3.8, 4) is 5.75 Å². The highest BCUT2D eigenvalue weighted by atomic mass is 32.2. The molecule has 2 aromatic rings. The Balaban J connectivity index is 1.70. The van der Waals surface area contributed by atoms with Crippen LogP contribution >= 0.6 is 11.8 Å². The molecule has 0 N–H and O–H groups in total. The first-order valence-electron chi connectivity index (χ1n) is 11.2. The van der Waals surface area contributed by atoms with Crippen LogP contribution in [0.1, 0.15) is 69.3 Å². The first kappa shape index (κ1) is 22.0. The van der Waals surface area contributed by atoms with E-state index in [2.05, 4.69) is 96.2 Å². The van der Waals surface area contributed by atoms with Crippen LogP contribution in [0.15, 0.2) is 48.5 Å². The highest BCUT2D eigenvalue weighted by Gasteiger charge is 2.48. The van der Waals surface area contributed by atoms with E-state index in [1.165, 1.54) is 16.7 Å². The summed E-state index contributed by atoms with van der Waals surface area (Å²) in [5, 5.41) is 0.186. The predicted molar refractivity (Wildman–Crippen MR) is 131 cm³/mol. The summed E-state index contributed by atoms with van der Waals surface area (Å²) in [7, 11) is -1.89. The second-order valence-corrected chi connectivity index (χ2v) is 17.3. The molecule has 1 aliphatic heterocycles. The number of hydrogen-bond acceptors (Lipinski definition) is 3. The van der Waals surface area contributed by atoms with Gasteiger partial charge in [0.05, 0.1) is 6.10 Å². The Bertz CT molecular complexity index is 901. The molecule has 1 saturated heterocycles. The van der Waals surface area contributed by atoms with Crippen molar-refractivity contribution in [3.63, 3.8) is 0 Å². The molecule has 0 saturated carbocycles. The largest absolute Gasteiger partial charge is 0.543 e. The quantitative estimate of drug-likeness (QED) is 0.452. The minimum absolute atomic E-state index is 0.0679. The zero-order valence-corrected chi connectivity index (χ0v) is 21.3. The smallest absolute Gasteiger partial charge is 0.250 e. The van der Waals surface area contributed by atoms with Crippen molar-refractivity contribution in [2.24, 2.45) is 5.92 Å². The number of ether oxygens (including phenoxy) is 1. The van der Waals surface area contributed by atoms with E-state index >= 15 is 0 Å². The molecule has 3 atom stereocenters. The van der Waals surface area contributed by atoms with E-state index in [0.29, 0.717) is 5.92 Å². The molecule has 0 amide bonds. The molecule has 0 aromatic heterocycles. The van der Waals surface area contributed by atoms with Crippen LogP contribution in [-0.2, 0) is 11.2 Å². The summed E-state index contributed by atoms with van der Waals surface area (Å²) in [6, 6.07) is 17.3. The molecule has 30 heavy (non-hydrogen) atoms. The van der Waals surface area contributed by atoms with Gasteiger partial charge in [0.25, 0.3) is 0 Å². The van der Waals surface area contributed by atoms with Crippen LogP contribution in [0.5, 0.6) is 5.75 Å². The third-order valence-electron chi connectivity index (χ3n) is 7.36. The molecule has 0 unspecified atom stereocenters. The normalized spacial score (nSPS) is 25.9. The second kappa shape index (κ2) is 7.72. The number of rotatable bonds is 3. The highest BCUT2D eigenvalue weighted by Crippen LogP contribution is 2.59. The summed E-state index contributed by atoms with van der Waals surface area (Å²) in [4.78, 5) is 0. The first-order valence-corrected chi connectivity index (χ1v) is 15.0. The Hall–Kier alpha value is -1.23. The van der Waals surface area contributed by atoms with Crippen LogP contribution in [0, 0.1) is 5.92 Å². The van der Waals surface area contributed by atoms with Crippen LogP contribution in [0.4, 0.5) is 0 Å². The van der Waals surface area contributed by atoms with Gasteiger partial charge in [-0.25, -0.2) is 0 Å². The third-order valence-corrected chi connectivity index (χ3v) is 13.2. The summed E-state index contributed by atoms with van der Waals surface area (Å²) >= 11 is 1.97. The van der Waals surface area contributed by atoms with Crippen molar-refractivity contribution in [2.45, 2.75) is 81.9 Å². The van der Waals surface area contributed by atoms with Gasteiger partial charge in [-0.1, -0.05) is 77.1 Å². The lowest BCUT2D eigenvalue weighted by Gasteiger charge is -2.50. The van der Waals surface area contributed by atoms with Crippen molar-refractivity contribution >= 4 is 20.1 Å². The molecule has 2 aromatic carbocycles. The first-order chi connectivity index (χ1) is 14.0. The Morgan fingerprint density at radius 2 is 1.73 bits per heavy atom. The lowest BCUT2D eigenvalue weighted by molar-refractivity contribution is -0.0377. The van der Waals surface area contributed by atoms with Gasteiger partial charge in [-0.15, -0.1) is 11.8 Å². The fraction of sp³-hybridized carbons (Fsp3) is 0.538. The summed E-state index contributed by atoms with van der Waals surface area (Å²) in [6.45, 7) is 16.4. The molecular weight excluding hydrogens is 404 g/mol. The van der Waals surface area contributed by atoms with Gasteiger partial charge < -0.3 is 9.16 Å². The van der Waals surface area contributed by atoms with E-state index < -0.39 is 8.32 Å². The molecule has 162 valence electrons. The Kier molecular flexibility index (Phi) is 5.66. The van der Waals surface area contributed by atoms with Crippen LogP contribution in [0.3, 0.4) is 0 Å². The minimum atomic E-state index is -1.89. The van der Waals surface area contributed by atoms with Crippen molar-refractivity contribution < 1.29 is 9.16 Å². The van der Waals surface area contributed by atoms with Gasteiger partial charge in [-0.2, -0.15) is 0 Å². The lowest BCUT2D eigenvalue weighted by Crippen LogP contribution is -2.45. The summed E-state index contributed by atoms with van der Waals surface area (Å²) < 4.78 is 13.8. The Morgan fingerprint density at radius 3 is 2.40 bits per heavy atom. The molecule has 2 nitrogen and oxygen atoms in total. The maximum absolute atomic E-state index is 6.81. The number of thioether (sulfide) groups is 1. The van der Waals surface area contributed by atoms with Crippen molar-refractivity contribution in [2.75, 3.05) is 0 Å². The zero-order valence-electron chi connectivity index (χ0n) is 19.5. The minimum Gasteiger partial charge on any atom is -0.543 e. The average Bonchev–Trinajstić information content (AvgIpc) is 2.67. The molecule has 1 aliphatic carbocycles. The maximum atomic E-state index is 6.81. The van der Waals surface area contributed by atoms with E-state index in [-0.39, 0.29) is 21.3 Å². The summed E-state index contributed by atoms with van der Waals surface area (Å²) in [6.07, 6.45) is 2.35. The molecular formula is C26H36O2SSi. The molecule has 4 heteroatoms.